The van der Waals surface area contributed by atoms with Crippen molar-refractivity contribution in [2.24, 2.45) is 11.1 Å². The van der Waals surface area contributed by atoms with E-state index in [2.05, 4.69) is 54.0 Å². The molecule has 3 aromatic rings. The van der Waals surface area contributed by atoms with Crippen LogP contribution in [0.1, 0.15) is 30.0 Å². The van der Waals surface area contributed by atoms with E-state index in [9.17, 15) is 0 Å². The number of nitrogens with two attached hydrogens (primary N) is 3. The molecule has 6 N–H and O–H groups in total. The van der Waals surface area contributed by atoms with Crippen LogP contribution in [0.15, 0.2) is 51.1 Å². The standard InChI is InChI=1S/C22H23BrClN7S/c23-13-2-1-12-10-22(18(25)14(12)9-13)4-7-31(8-5-22)16-11-29-21(20(27)30-16)32-15-3-6-28-19(26)17(15)24/h1-3,6,9,11,18H,4-5,7-8,10,25H2,(H2,26,28)(H2,27,30)/t18-/m1/s1. The Hall–Kier alpha value is -2.07. The first-order valence-electron chi connectivity index (χ1n) is 10.4. The Morgan fingerprint density at radius 2 is 1.91 bits per heavy atom. The van der Waals surface area contributed by atoms with Gasteiger partial charge < -0.3 is 22.1 Å². The van der Waals surface area contributed by atoms with Gasteiger partial charge in [0.05, 0.1) is 11.2 Å². The van der Waals surface area contributed by atoms with Crippen LogP contribution in [0.25, 0.3) is 0 Å². The molecule has 7 nitrogen and oxygen atoms in total. The van der Waals surface area contributed by atoms with Gasteiger partial charge in [0.25, 0.3) is 0 Å². The number of nitrogens with zero attached hydrogens (tertiary/aromatic N) is 4. The predicted molar refractivity (Wildman–Crippen MR) is 133 cm³/mol. The highest BCUT2D eigenvalue weighted by atomic mass is 79.9. The molecule has 10 heteroatoms. The maximum absolute atomic E-state index is 6.73. The van der Waals surface area contributed by atoms with Gasteiger partial charge in [-0.05, 0) is 54.0 Å². The second-order valence-electron chi connectivity index (χ2n) is 8.38. The average molecular weight is 533 g/mol. The summed E-state index contributed by atoms with van der Waals surface area (Å²) in [6.45, 7) is 1.74. The molecular formula is C22H23BrClN7S. The van der Waals surface area contributed by atoms with Crippen molar-refractivity contribution in [3.05, 3.63) is 57.3 Å². The van der Waals surface area contributed by atoms with Crippen molar-refractivity contribution in [1.29, 1.82) is 0 Å². The highest BCUT2D eigenvalue weighted by molar-refractivity contribution is 9.10. The van der Waals surface area contributed by atoms with Crippen LogP contribution >= 0.6 is 39.3 Å². The molecule has 0 saturated carbocycles. The SMILES string of the molecule is Nc1nc(N2CCC3(CC2)Cc2ccc(Br)cc2[C@H]3N)cnc1Sc1ccnc(N)c1Cl. The average Bonchev–Trinajstić information content (AvgIpc) is 3.04. The van der Waals surface area contributed by atoms with Gasteiger partial charge in [-0.3, -0.25) is 0 Å². The lowest BCUT2D eigenvalue weighted by Crippen LogP contribution is -2.44. The third-order valence-corrected chi connectivity index (χ3v) is 8.64. The lowest BCUT2D eigenvalue weighted by atomic mass is 9.73. The number of hydrogen-bond acceptors (Lipinski definition) is 8. The lowest BCUT2D eigenvalue weighted by molar-refractivity contribution is 0.187. The first-order chi connectivity index (χ1) is 15.4. The van der Waals surface area contributed by atoms with Crippen LogP contribution in [0, 0.1) is 5.41 Å². The Labute approximate surface area is 204 Å². The van der Waals surface area contributed by atoms with Crippen molar-refractivity contribution in [3.63, 3.8) is 0 Å². The zero-order valence-electron chi connectivity index (χ0n) is 17.3. The van der Waals surface area contributed by atoms with E-state index in [4.69, 9.17) is 28.8 Å². The van der Waals surface area contributed by atoms with Gasteiger partial charge in [-0.15, -0.1) is 0 Å². The monoisotopic (exact) mass is 531 g/mol. The van der Waals surface area contributed by atoms with Gasteiger partial charge in [-0.2, -0.15) is 0 Å². The Kier molecular flexibility index (Phi) is 5.69. The van der Waals surface area contributed by atoms with Gasteiger partial charge in [-0.1, -0.05) is 45.4 Å². The number of aromatic nitrogens is 3. The fraction of sp³-hybridized carbons (Fsp3) is 0.318. The molecular weight excluding hydrogens is 510 g/mol. The van der Waals surface area contributed by atoms with Crippen molar-refractivity contribution in [2.45, 2.75) is 35.2 Å². The molecule has 1 aromatic carbocycles. The molecule has 2 aliphatic rings. The summed E-state index contributed by atoms with van der Waals surface area (Å²) >= 11 is 11.2. The summed E-state index contributed by atoms with van der Waals surface area (Å²) in [5.41, 5.74) is 21.5. The van der Waals surface area contributed by atoms with Crippen molar-refractivity contribution in [3.8, 4) is 0 Å². The van der Waals surface area contributed by atoms with Crippen molar-refractivity contribution in [2.75, 3.05) is 29.5 Å². The summed E-state index contributed by atoms with van der Waals surface area (Å²) in [5, 5.41) is 0.985. The summed E-state index contributed by atoms with van der Waals surface area (Å²) in [4.78, 5) is 16.1. The molecule has 1 spiro atoms. The molecule has 1 atom stereocenters. The summed E-state index contributed by atoms with van der Waals surface area (Å²) in [6.07, 6.45) is 6.42. The van der Waals surface area contributed by atoms with Crippen LogP contribution in [0.4, 0.5) is 17.5 Å². The van der Waals surface area contributed by atoms with E-state index in [1.807, 2.05) is 0 Å². The topological polar surface area (TPSA) is 120 Å². The van der Waals surface area contributed by atoms with E-state index in [0.29, 0.717) is 15.9 Å². The number of piperidine rings is 1. The third-order valence-electron chi connectivity index (χ3n) is 6.57. The molecule has 0 unspecified atom stereocenters. The Morgan fingerprint density at radius 1 is 1.12 bits per heavy atom. The van der Waals surface area contributed by atoms with E-state index in [1.165, 1.54) is 22.9 Å². The van der Waals surface area contributed by atoms with Gasteiger partial charge >= 0.3 is 0 Å². The number of pyridine rings is 1. The zero-order valence-corrected chi connectivity index (χ0v) is 20.4. The fourth-order valence-electron chi connectivity index (χ4n) is 4.74. The normalized spacial score (nSPS) is 19.3. The first kappa shape index (κ1) is 21.8. The van der Waals surface area contributed by atoms with E-state index in [0.717, 1.165) is 47.5 Å². The molecule has 0 bridgehead atoms. The smallest absolute Gasteiger partial charge is 0.158 e. The maximum Gasteiger partial charge on any atom is 0.158 e. The number of hydrogen-bond donors (Lipinski definition) is 3. The fourth-order valence-corrected chi connectivity index (χ4v) is 6.14. The Balaban J connectivity index is 1.29. The molecule has 1 aliphatic heterocycles. The van der Waals surface area contributed by atoms with Crippen LogP contribution in [-0.2, 0) is 6.42 Å². The third kappa shape index (κ3) is 3.81. The highest BCUT2D eigenvalue weighted by Gasteiger charge is 2.46. The summed E-state index contributed by atoms with van der Waals surface area (Å²) < 4.78 is 1.08. The van der Waals surface area contributed by atoms with Gasteiger partial charge in [-0.25, -0.2) is 15.0 Å². The number of anilines is 3. The Morgan fingerprint density at radius 3 is 2.66 bits per heavy atom. The molecule has 1 aliphatic carbocycles. The van der Waals surface area contributed by atoms with Crippen LogP contribution in [0.3, 0.4) is 0 Å². The maximum atomic E-state index is 6.73. The number of rotatable bonds is 3. The minimum absolute atomic E-state index is 0.0598. The Bertz CT molecular complexity index is 1180. The van der Waals surface area contributed by atoms with Crippen molar-refractivity contribution in [1.82, 2.24) is 15.0 Å². The molecule has 166 valence electrons. The molecule has 1 fully saturated rings. The molecule has 32 heavy (non-hydrogen) atoms. The van der Waals surface area contributed by atoms with Gasteiger partial charge in [0.2, 0.25) is 0 Å². The number of benzene rings is 1. The second kappa shape index (κ2) is 8.37. The molecule has 0 amide bonds. The summed E-state index contributed by atoms with van der Waals surface area (Å²) in [5.74, 6) is 1.43. The van der Waals surface area contributed by atoms with Gasteiger partial charge in [0, 0.05) is 34.7 Å². The van der Waals surface area contributed by atoms with Crippen molar-refractivity contribution < 1.29 is 0 Å². The van der Waals surface area contributed by atoms with Crippen LogP contribution < -0.4 is 22.1 Å². The number of halogens is 2. The molecule has 1 saturated heterocycles. The van der Waals surface area contributed by atoms with Crippen molar-refractivity contribution >= 4 is 56.7 Å². The minimum atomic E-state index is 0.0598. The lowest BCUT2D eigenvalue weighted by Gasteiger charge is -2.42. The van der Waals surface area contributed by atoms with E-state index < -0.39 is 0 Å². The van der Waals surface area contributed by atoms with E-state index >= 15 is 0 Å². The molecule has 5 rings (SSSR count). The van der Waals surface area contributed by atoms with Crippen LogP contribution in [-0.4, -0.2) is 28.0 Å². The van der Waals surface area contributed by atoms with Gasteiger partial charge in [0.15, 0.2) is 5.82 Å². The van der Waals surface area contributed by atoms with Gasteiger partial charge in [0.1, 0.15) is 16.7 Å². The predicted octanol–water partition coefficient (Wildman–Crippen LogP) is 4.45. The molecule has 3 heterocycles. The van der Waals surface area contributed by atoms with Crippen LogP contribution in [0.2, 0.25) is 5.02 Å². The minimum Gasteiger partial charge on any atom is -0.382 e. The second-order valence-corrected chi connectivity index (χ2v) is 10.7. The highest BCUT2D eigenvalue weighted by Crippen LogP contribution is 2.51. The van der Waals surface area contributed by atoms with Crippen LogP contribution in [0.5, 0.6) is 0 Å². The van der Waals surface area contributed by atoms with E-state index in [-0.39, 0.29) is 17.3 Å². The first-order valence-corrected chi connectivity index (χ1v) is 12.3. The molecule has 2 aromatic heterocycles. The number of nitrogen functional groups attached to an aromatic ring is 2. The largest absolute Gasteiger partial charge is 0.382 e. The zero-order chi connectivity index (χ0) is 22.5. The summed E-state index contributed by atoms with van der Waals surface area (Å²) in [7, 11) is 0. The van der Waals surface area contributed by atoms with E-state index in [1.54, 1.807) is 18.5 Å². The quantitative estimate of drug-likeness (QED) is 0.453. The number of fused-ring (bicyclic) bond motifs is 1. The summed E-state index contributed by atoms with van der Waals surface area (Å²) in [6, 6.07) is 8.32. The molecule has 0 radical (unpaired) electrons.